The zero-order valence-corrected chi connectivity index (χ0v) is 18.7. The molecule has 0 aliphatic heterocycles. The van der Waals surface area contributed by atoms with Gasteiger partial charge in [0.15, 0.2) is 0 Å². The predicted octanol–water partition coefficient (Wildman–Crippen LogP) is 2.98. The van der Waals surface area contributed by atoms with Crippen molar-refractivity contribution in [2.75, 3.05) is 14.2 Å². The van der Waals surface area contributed by atoms with Gasteiger partial charge in [-0.15, -0.1) is 0 Å². The Kier molecular flexibility index (Phi) is 6.63. The molecular weight excluding hydrogens is 422 g/mol. The van der Waals surface area contributed by atoms with E-state index in [9.17, 15) is 14.7 Å². The summed E-state index contributed by atoms with van der Waals surface area (Å²) in [5, 5.41) is 17.1. The third-order valence-corrected chi connectivity index (χ3v) is 5.86. The van der Waals surface area contributed by atoms with Gasteiger partial charge in [0.05, 0.1) is 25.6 Å². The molecule has 1 heterocycles. The molecule has 0 fully saturated rings. The van der Waals surface area contributed by atoms with E-state index in [1.54, 1.807) is 36.1 Å². The van der Waals surface area contributed by atoms with Gasteiger partial charge in [-0.05, 0) is 67.6 Å². The minimum Gasteiger partial charge on any atom is -0.508 e. The number of nitrogens with one attached hydrogen (secondary N) is 1. The third-order valence-electron chi connectivity index (χ3n) is 5.86. The van der Waals surface area contributed by atoms with Crippen molar-refractivity contribution in [3.63, 3.8) is 0 Å². The fourth-order valence-electron chi connectivity index (χ4n) is 4.13. The van der Waals surface area contributed by atoms with Crippen LogP contribution >= 0.6 is 0 Å². The Labute approximate surface area is 192 Å². The number of aromatic hydroxyl groups is 1. The summed E-state index contributed by atoms with van der Waals surface area (Å²) in [5.74, 6) is -0.0785. The lowest BCUT2D eigenvalue weighted by molar-refractivity contribution is -0.142. The van der Waals surface area contributed by atoms with Gasteiger partial charge in [0, 0.05) is 12.0 Å². The molecule has 0 saturated heterocycles. The van der Waals surface area contributed by atoms with Crippen LogP contribution in [0, 0.1) is 0 Å². The molecule has 1 unspecified atom stereocenters. The molecular formula is C25H27N3O5. The molecule has 1 aliphatic rings. The van der Waals surface area contributed by atoms with Gasteiger partial charge in [-0.25, -0.2) is 9.48 Å². The normalized spacial score (nSPS) is 13.6. The lowest BCUT2D eigenvalue weighted by Gasteiger charge is -2.18. The SMILES string of the molecule is COC(=O)C(Cc1ccc(O)cc1)NC(=O)c1c2c(nn1-c1ccc(OC)cc1)CCCC2. The second kappa shape index (κ2) is 9.77. The van der Waals surface area contributed by atoms with Gasteiger partial charge in [-0.2, -0.15) is 5.10 Å². The van der Waals surface area contributed by atoms with Crippen LogP contribution in [-0.4, -0.2) is 47.0 Å². The van der Waals surface area contributed by atoms with E-state index in [1.807, 2.05) is 24.3 Å². The number of rotatable bonds is 7. The van der Waals surface area contributed by atoms with Gasteiger partial charge in [-0.3, -0.25) is 4.79 Å². The topological polar surface area (TPSA) is 103 Å². The lowest BCUT2D eigenvalue weighted by Crippen LogP contribution is -2.44. The number of fused-ring (bicyclic) bond motifs is 1. The average molecular weight is 450 g/mol. The van der Waals surface area contributed by atoms with Crippen LogP contribution in [0.15, 0.2) is 48.5 Å². The van der Waals surface area contributed by atoms with E-state index in [-0.39, 0.29) is 18.1 Å². The van der Waals surface area contributed by atoms with Crippen molar-refractivity contribution in [2.24, 2.45) is 0 Å². The molecule has 1 aromatic heterocycles. The van der Waals surface area contributed by atoms with Crippen molar-refractivity contribution in [2.45, 2.75) is 38.1 Å². The summed E-state index contributed by atoms with van der Waals surface area (Å²) < 4.78 is 11.8. The summed E-state index contributed by atoms with van der Waals surface area (Å²) >= 11 is 0. The minimum absolute atomic E-state index is 0.132. The maximum absolute atomic E-state index is 13.5. The highest BCUT2D eigenvalue weighted by atomic mass is 16.5. The summed E-state index contributed by atoms with van der Waals surface area (Å²) in [4.78, 5) is 26.0. The zero-order valence-electron chi connectivity index (χ0n) is 18.7. The van der Waals surface area contributed by atoms with Gasteiger partial charge < -0.3 is 19.9 Å². The van der Waals surface area contributed by atoms with Crippen molar-refractivity contribution >= 4 is 11.9 Å². The van der Waals surface area contributed by atoms with Gasteiger partial charge in [-0.1, -0.05) is 12.1 Å². The fraction of sp³-hybridized carbons (Fsp3) is 0.320. The van der Waals surface area contributed by atoms with E-state index < -0.39 is 12.0 Å². The Bertz CT molecular complexity index is 1140. The molecule has 3 aromatic rings. The molecule has 1 amide bonds. The number of hydrogen-bond donors (Lipinski definition) is 2. The van der Waals surface area contributed by atoms with Crippen LogP contribution in [0.1, 0.15) is 40.2 Å². The van der Waals surface area contributed by atoms with E-state index in [0.717, 1.165) is 48.2 Å². The number of amides is 1. The number of nitrogens with zero attached hydrogens (tertiary/aromatic N) is 2. The first kappa shape index (κ1) is 22.4. The van der Waals surface area contributed by atoms with Crippen LogP contribution in [0.3, 0.4) is 0 Å². The van der Waals surface area contributed by atoms with Crippen LogP contribution in [0.4, 0.5) is 0 Å². The van der Waals surface area contributed by atoms with Gasteiger partial charge in [0.25, 0.3) is 5.91 Å². The Morgan fingerprint density at radius 1 is 1.06 bits per heavy atom. The predicted molar refractivity (Wildman–Crippen MR) is 122 cm³/mol. The summed E-state index contributed by atoms with van der Waals surface area (Å²) in [6.45, 7) is 0. The summed E-state index contributed by atoms with van der Waals surface area (Å²) in [6.07, 6.45) is 3.81. The van der Waals surface area contributed by atoms with E-state index in [2.05, 4.69) is 5.32 Å². The third kappa shape index (κ3) is 4.84. The van der Waals surface area contributed by atoms with Crippen LogP contribution < -0.4 is 10.1 Å². The summed E-state index contributed by atoms with van der Waals surface area (Å²) in [6, 6.07) is 13.0. The van der Waals surface area contributed by atoms with Crippen LogP contribution in [0.25, 0.3) is 5.69 Å². The molecule has 8 heteroatoms. The maximum Gasteiger partial charge on any atom is 0.328 e. The zero-order chi connectivity index (χ0) is 23.4. The molecule has 1 atom stereocenters. The number of aromatic nitrogens is 2. The molecule has 0 radical (unpaired) electrons. The number of carbonyl (C=O) groups is 2. The number of esters is 1. The average Bonchev–Trinajstić information content (AvgIpc) is 3.24. The highest BCUT2D eigenvalue weighted by molar-refractivity contribution is 5.97. The lowest BCUT2D eigenvalue weighted by atomic mass is 9.95. The highest BCUT2D eigenvalue weighted by Gasteiger charge is 2.29. The van der Waals surface area contributed by atoms with Crippen molar-refractivity contribution in [1.29, 1.82) is 0 Å². The number of ether oxygens (including phenoxy) is 2. The first-order chi connectivity index (χ1) is 16.0. The van der Waals surface area contributed by atoms with Crippen molar-refractivity contribution < 1.29 is 24.2 Å². The van der Waals surface area contributed by atoms with Gasteiger partial charge in [0.1, 0.15) is 23.2 Å². The Morgan fingerprint density at radius 3 is 2.42 bits per heavy atom. The standard InChI is InChI=1S/C25H27N3O5/c1-32-19-13-9-17(10-14-19)28-23(20-5-3-4-6-21(20)27-28)24(30)26-22(25(31)33-2)15-16-7-11-18(29)12-8-16/h7-14,22,29H,3-6,15H2,1-2H3,(H,26,30). The first-order valence-corrected chi connectivity index (χ1v) is 10.9. The van der Waals surface area contributed by atoms with Gasteiger partial charge >= 0.3 is 5.97 Å². The number of hydrogen-bond acceptors (Lipinski definition) is 6. The number of carbonyl (C=O) groups excluding carboxylic acids is 2. The highest BCUT2D eigenvalue weighted by Crippen LogP contribution is 2.27. The van der Waals surface area contributed by atoms with Crippen LogP contribution in [0.5, 0.6) is 11.5 Å². The largest absolute Gasteiger partial charge is 0.508 e. The number of phenols is 1. The molecule has 33 heavy (non-hydrogen) atoms. The van der Waals surface area contributed by atoms with Crippen LogP contribution in [-0.2, 0) is 28.8 Å². The van der Waals surface area contributed by atoms with E-state index >= 15 is 0 Å². The van der Waals surface area contributed by atoms with E-state index in [0.29, 0.717) is 11.4 Å². The number of phenolic OH excluding ortho intramolecular Hbond substituents is 1. The monoisotopic (exact) mass is 449 g/mol. The van der Waals surface area contributed by atoms with E-state index in [1.165, 1.54) is 7.11 Å². The molecule has 8 nitrogen and oxygen atoms in total. The number of methoxy groups -OCH3 is 2. The molecule has 2 aromatic carbocycles. The van der Waals surface area contributed by atoms with Gasteiger partial charge in [0.2, 0.25) is 0 Å². The second-order valence-corrected chi connectivity index (χ2v) is 8.01. The Morgan fingerprint density at radius 2 is 1.76 bits per heavy atom. The van der Waals surface area contributed by atoms with Crippen molar-refractivity contribution in [1.82, 2.24) is 15.1 Å². The molecule has 172 valence electrons. The summed E-state index contributed by atoms with van der Waals surface area (Å²) in [5.41, 5.74) is 3.80. The molecule has 4 rings (SSSR count). The first-order valence-electron chi connectivity index (χ1n) is 10.9. The van der Waals surface area contributed by atoms with Crippen molar-refractivity contribution in [3.05, 3.63) is 71.0 Å². The molecule has 0 bridgehead atoms. The second-order valence-electron chi connectivity index (χ2n) is 8.01. The maximum atomic E-state index is 13.5. The Hall–Kier alpha value is -3.81. The fourth-order valence-corrected chi connectivity index (χ4v) is 4.13. The van der Waals surface area contributed by atoms with Crippen molar-refractivity contribution in [3.8, 4) is 17.2 Å². The number of aryl methyl sites for hydroxylation is 1. The number of benzene rings is 2. The quantitative estimate of drug-likeness (QED) is 0.538. The molecule has 0 saturated carbocycles. The molecule has 1 aliphatic carbocycles. The summed E-state index contributed by atoms with van der Waals surface area (Å²) in [7, 11) is 2.89. The Balaban J connectivity index is 1.67. The molecule has 0 spiro atoms. The minimum atomic E-state index is -0.884. The smallest absolute Gasteiger partial charge is 0.328 e. The van der Waals surface area contributed by atoms with Crippen LogP contribution in [0.2, 0.25) is 0 Å². The van der Waals surface area contributed by atoms with E-state index in [4.69, 9.17) is 14.6 Å². The molecule has 2 N–H and O–H groups in total.